The molecule has 3 atom stereocenters. The molecule has 1 fully saturated rings. The lowest BCUT2D eigenvalue weighted by Crippen LogP contribution is -2.71. The minimum Gasteiger partial charge on any atom is -0.508 e. The van der Waals surface area contributed by atoms with Gasteiger partial charge in [-0.15, -0.1) is 11.8 Å². The summed E-state index contributed by atoms with van der Waals surface area (Å²) >= 11 is 1.40. The first-order valence-electron chi connectivity index (χ1n) is 7.54. The Morgan fingerprint density at radius 1 is 1.36 bits per heavy atom. The number of fused-ring (bicyclic) bond motifs is 1. The van der Waals surface area contributed by atoms with Crippen LogP contribution >= 0.6 is 11.8 Å². The topological polar surface area (TPSA) is 133 Å². The van der Waals surface area contributed by atoms with Crippen LogP contribution in [0.4, 0.5) is 0 Å². The van der Waals surface area contributed by atoms with E-state index in [0.717, 1.165) is 0 Å². The molecule has 5 N–H and O–H groups in total. The zero-order valence-electron chi connectivity index (χ0n) is 13.3. The summed E-state index contributed by atoms with van der Waals surface area (Å²) in [5.41, 5.74) is 7.00. The van der Waals surface area contributed by atoms with Crippen molar-refractivity contribution in [2.45, 2.75) is 24.4 Å². The van der Waals surface area contributed by atoms with Gasteiger partial charge < -0.3 is 21.3 Å². The van der Waals surface area contributed by atoms with Crippen LogP contribution < -0.4 is 11.1 Å². The summed E-state index contributed by atoms with van der Waals surface area (Å²) in [5.74, 6) is -1.61. The molecule has 0 aliphatic carbocycles. The van der Waals surface area contributed by atoms with Crippen LogP contribution in [0, 0.1) is 0 Å². The van der Waals surface area contributed by atoms with Crippen LogP contribution in [0.2, 0.25) is 0 Å². The third-order valence-corrected chi connectivity index (χ3v) is 5.62. The molecule has 132 valence electrons. The first-order chi connectivity index (χ1) is 11.8. The fourth-order valence-electron chi connectivity index (χ4n) is 2.85. The minimum absolute atomic E-state index is 0.0120. The van der Waals surface area contributed by atoms with Gasteiger partial charge in [0.1, 0.15) is 28.9 Å². The number of nitrogens with zero attached hydrogens (tertiary/aromatic N) is 1. The monoisotopic (exact) mass is 363 g/mol. The number of amides is 2. The van der Waals surface area contributed by atoms with Gasteiger partial charge in [-0.25, -0.2) is 4.79 Å². The summed E-state index contributed by atoms with van der Waals surface area (Å²) in [4.78, 5) is 37.2. The maximum atomic E-state index is 12.3. The van der Waals surface area contributed by atoms with Crippen LogP contribution in [0.15, 0.2) is 35.5 Å². The summed E-state index contributed by atoms with van der Waals surface area (Å²) in [7, 11) is 0. The van der Waals surface area contributed by atoms with Crippen molar-refractivity contribution in [3.05, 3.63) is 41.1 Å². The summed E-state index contributed by atoms with van der Waals surface area (Å²) < 4.78 is 0. The second-order valence-corrected chi connectivity index (χ2v) is 7.00. The molecule has 0 unspecified atom stereocenters. The molecule has 8 nitrogen and oxygen atoms in total. The molecular formula is C16H17N3O5S. The fraction of sp³-hybridized carbons (Fsp3) is 0.312. The molecule has 0 aromatic heterocycles. The predicted molar refractivity (Wildman–Crippen MR) is 90.4 cm³/mol. The molecule has 1 saturated heterocycles. The van der Waals surface area contributed by atoms with Crippen molar-refractivity contribution in [2.75, 3.05) is 5.75 Å². The smallest absolute Gasteiger partial charge is 0.352 e. The molecule has 0 saturated carbocycles. The van der Waals surface area contributed by atoms with Crippen LogP contribution in [0.5, 0.6) is 5.75 Å². The third-order valence-electron chi connectivity index (χ3n) is 4.19. The van der Waals surface area contributed by atoms with Gasteiger partial charge in [0.15, 0.2) is 0 Å². The number of carboxylic acid groups (broad SMARTS) is 1. The molecule has 1 aromatic rings. The lowest BCUT2D eigenvalue weighted by molar-refractivity contribution is -0.150. The Labute approximate surface area is 147 Å². The SMILES string of the molecule is CC1=C(C(=O)O)N2C(=O)[C@H](NC(=O)[C@@H](N)c3ccc(O)cc3)[C@H]2SC1. The predicted octanol–water partition coefficient (Wildman–Crippen LogP) is 0.151. The van der Waals surface area contributed by atoms with Crippen molar-refractivity contribution in [3.8, 4) is 5.75 Å². The molecular weight excluding hydrogens is 346 g/mol. The van der Waals surface area contributed by atoms with Crippen molar-refractivity contribution >= 4 is 29.5 Å². The molecule has 25 heavy (non-hydrogen) atoms. The Morgan fingerprint density at radius 3 is 2.60 bits per heavy atom. The number of aliphatic carboxylic acids is 1. The fourth-order valence-corrected chi connectivity index (χ4v) is 4.14. The quantitative estimate of drug-likeness (QED) is 0.560. The number of nitrogens with one attached hydrogen (secondary N) is 1. The van der Waals surface area contributed by atoms with E-state index in [9.17, 15) is 24.6 Å². The van der Waals surface area contributed by atoms with Gasteiger partial charge in [0.2, 0.25) is 5.91 Å². The van der Waals surface area contributed by atoms with Gasteiger partial charge in [0.05, 0.1) is 0 Å². The second-order valence-electron chi connectivity index (χ2n) is 5.90. The molecule has 0 bridgehead atoms. The lowest BCUT2D eigenvalue weighted by atomic mass is 10.0. The van der Waals surface area contributed by atoms with Crippen LogP contribution in [-0.4, -0.2) is 50.1 Å². The number of rotatable bonds is 4. The first kappa shape index (κ1) is 17.3. The molecule has 9 heteroatoms. The molecule has 2 aliphatic rings. The zero-order chi connectivity index (χ0) is 18.3. The Morgan fingerprint density at radius 2 is 2.00 bits per heavy atom. The van der Waals surface area contributed by atoms with E-state index in [1.165, 1.54) is 40.9 Å². The number of benzene rings is 1. The maximum Gasteiger partial charge on any atom is 0.352 e. The van der Waals surface area contributed by atoms with E-state index in [-0.39, 0.29) is 11.4 Å². The Balaban J connectivity index is 1.71. The molecule has 2 heterocycles. The van der Waals surface area contributed by atoms with Crippen molar-refractivity contribution in [1.29, 1.82) is 0 Å². The van der Waals surface area contributed by atoms with Gasteiger partial charge in [0.25, 0.3) is 5.91 Å². The van der Waals surface area contributed by atoms with Crippen molar-refractivity contribution in [1.82, 2.24) is 10.2 Å². The van der Waals surface area contributed by atoms with Gasteiger partial charge in [-0.05, 0) is 30.2 Å². The number of hydrogen-bond acceptors (Lipinski definition) is 6. The first-order valence-corrected chi connectivity index (χ1v) is 8.58. The van der Waals surface area contributed by atoms with E-state index in [1.807, 2.05) is 0 Å². The van der Waals surface area contributed by atoms with Gasteiger partial charge in [-0.1, -0.05) is 12.1 Å². The number of carbonyl (C=O) groups is 3. The molecule has 0 radical (unpaired) electrons. The number of aromatic hydroxyl groups is 1. The Hall–Kier alpha value is -2.52. The average molecular weight is 363 g/mol. The molecule has 2 aliphatic heterocycles. The van der Waals surface area contributed by atoms with E-state index >= 15 is 0 Å². The second kappa shape index (κ2) is 6.41. The third kappa shape index (κ3) is 2.96. The molecule has 0 spiro atoms. The highest BCUT2D eigenvalue weighted by molar-refractivity contribution is 8.00. The van der Waals surface area contributed by atoms with Crippen LogP contribution in [0.3, 0.4) is 0 Å². The lowest BCUT2D eigenvalue weighted by Gasteiger charge is -2.49. The van der Waals surface area contributed by atoms with E-state index in [1.54, 1.807) is 6.92 Å². The molecule has 3 rings (SSSR count). The van der Waals surface area contributed by atoms with E-state index in [2.05, 4.69) is 5.32 Å². The van der Waals surface area contributed by atoms with Gasteiger partial charge in [-0.2, -0.15) is 0 Å². The van der Waals surface area contributed by atoms with Crippen LogP contribution in [0.1, 0.15) is 18.5 Å². The van der Waals surface area contributed by atoms with E-state index in [0.29, 0.717) is 16.9 Å². The summed E-state index contributed by atoms with van der Waals surface area (Å²) in [6.07, 6.45) is 0. The standard InChI is InChI=1S/C16H17N3O5S/c1-7-6-25-15-11(14(22)19(15)12(7)16(23)24)18-13(21)10(17)8-2-4-9(20)5-3-8/h2-5,10-11,15,20H,6,17H2,1H3,(H,18,21)(H,23,24)/t10-,11-,15+/m0/s1. The van der Waals surface area contributed by atoms with Crippen molar-refractivity contribution in [2.24, 2.45) is 5.73 Å². The summed E-state index contributed by atoms with van der Waals surface area (Å²) in [5, 5.41) is 20.7. The van der Waals surface area contributed by atoms with Gasteiger partial charge in [-0.3, -0.25) is 14.5 Å². The summed E-state index contributed by atoms with van der Waals surface area (Å²) in [6, 6.07) is 4.09. The number of phenolic OH excluding ortho intramolecular Hbond substituents is 1. The zero-order valence-corrected chi connectivity index (χ0v) is 14.1. The highest BCUT2D eigenvalue weighted by Gasteiger charge is 2.53. The Kier molecular flexibility index (Phi) is 4.44. The number of nitrogens with two attached hydrogens (primary N) is 1. The average Bonchev–Trinajstić information content (AvgIpc) is 2.58. The summed E-state index contributed by atoms with van der Waals surface area (Å²) in [6.45, 7) is 1.67. The van der Waals surface area contributed by atoms with Crippen LogP contribution in [-0.2, 0) is 14.4 Å². The van der Waals surface area contributed by atoms with Crippen molar-refractivity contribution in [3.63, 3.8) is 0 Å². The molecule has 2 amide bonds. The number of thioether (sulfide) groups is 1. The van der Waals surface area contributed by atoms with Gasteiger partial charge >= 0.3 is 5.97 Å². The highest BCUT2D eigenvalue weighted by atomic mass is 32.2. The normalized spacial score (nSPS) is 23.6. The Bertz CT molecular complexity index is 776. The largest absolute Gasteiger partial charge is 0.508 e. The highest BCUT2D eigenvalue weighted by Crippen LogP contribution is 2.40. The number of carbonyl (C=O) groups excluding carboxylic acids is 2. The molecule has 1 aromatic carbocycles. The maximum absolute atomic E-state index is 12.3. The minimum atomic E-state index is -1.15. The number of carboxylic acids is 1. The van der Waals surface area contributed by atoms with Gasteiger partial charge in [0, 0.05) is 5.75 Å². The van der Waals surface area contributed by atoms with Crippen molar-refractivity contribution < 1.29 is 24.6 Å². The number of β-lactam (4-membered cyclic amide) rings is 1. The van der Waals surface area contributed by atoms with E-state index in [4.69, 9.17) is 5.73 Å². The number of phenols is 1. The number of hydrogen-bond donors (Lipinski definition) is 4. The van der Waals surface area contributed by atoms with E-state index < -0.39 is 35.2 Å². The van der Waals surface area contributed by atoms with Crippen LogP contribution in [0.25, 0.3) is 0 Å².